The van der Waals surface area contributed by atoms with E-state index in [9.17, 15) is 4.79 Å². The van der Waals surface area contributed by atoms with Gasteiger partial charge < -0.3 is 24.3 Å². The van der Waals surface area contributed by atoms with Crippen LogP contribution in [-0.2, 0) is 4.74 Å². The van der Waals surface area contributed by atoms with E-state index in [1.165, 1.54) is 6.33 Å². The number of aromatic nitrogens is 2. The fourth-order valence-corrected chi connectivity index (χ4v) is 3.68. The van der Waals surface area contributed by atoms with Gasteiger partial charge >= 0.3 is 0 Å². The number of carbonyl (C=O) groups is 1. The summed E-state index contributed by atoms with van der Waals surface area (Å²) in [7, 11) is 3.96. The number of morpholine rings is 1. The normalized spacial score (nSPS) is 14.3. The summed E-state index contributed by atoms with van der Waals surface area (Å²) in [6.45, 7) is 6.49. The highest BCUT2D eigenvalue weighted by Gasteiger charge is 2.26. The van der Waals surface area contributed by atoms with Crippen LogP contribution in [0.3, 0.4) is 0 Å². The number of furan rings is 1. The lowest BCUT2D eigenvalue weighted by atomic mass is 10.1. The number of hydrogen-bond donors (Lipinski definition) is 1. The average Bonchev–Trinajstić information content (AvgIpc) is 3.05. The zero-order chi connectivity index (χ0) is 20.5. The van der Waals surface area contributed by atoms with Gasteiger partial charge in [0.25, 0.3) is 5.91 Å². The topological polar surface area (TPSA) is 83.7 Å². The van der Waals surface area contributed by atoms with E-state index in [4.69, 9.17) is 9.15 Å². The van der Waals surface area contributed by atoms with Crippen LogP contribution in [-0.4, -0.2) is 56.3 Å². The lowest BCUT2D eigenvalue weighted by molar-refractivity contribution is 0.102. The smallest absolute Gasteiger partial charge is 0.260 e. The minimum absolute atomic E-state index is 0.237. The van der Waals surface area contributed by atoms with Gasteiger partial charge in [-0.3, -0.25) is 4.79 Å². The Bertz CT molecular complexity index is 1050. The number of anilines is 3. The molecule has 4 rings (SSSR count). The standard InChI is InChI=1S/C21H25N5O3/c1-13-5-6-15(11-16(13)25(3)4)24-20(27)17-14(2)29-21-18(17)19(22-12-23-21)26-7-9-28-10-8-26/h5-6,11-12H,7-10H2,1-4H3,(H,24,27). The molecule has 0 aliphatic carbocycles. The minimum Gasteiger partial charge on any atom is -0.442 e. The Hall–Kier alpha value is -3.13. The summed E-state index contributed by atoms with van der Waals surface area (Å²) < 4.78 is 11.2. The second kappa shape index (κ2) is 7.71. The summed E-state index contributed by atoms with van der Waals surface area (Å²) in [4.78, 5) is 26.0. The molecule has 1 aromatic carbocycles. The van der Waals surface area contributed by atoms with Gasteiger partial charge in [-0.05, 0) is 31.5 Å². The van der Waals surface area contributed by atoms with Crippen molar-refractivity contribution in [2.24, 2.45) is 0 Å². The number of amides is 1. The van der Waals surface area contributed by atoms with Gasteiger partial charge in [-0.1, -0.05) is 6.07 Å². The van der Waals surface area contributed by atoms with Crippen molar-refractivity contribution in [1.82, 2.24) is 9.97 Å². The second-order valence-corrected chi connectivity index (χ2v) is 7.36. The summed E-state index contributed by atoms with van der Waals surface area (Å²) in [6, 6.07) is 5.86. The summed E-state index contributed by atoms with van der Waals surface area (Å²) in [5.74, 6) is 0.991. The highest BCUT2D eigenvalue weighted by Crippen LogP contribution is 2.32. The molecule has 0 bridgehead atoms. The van der Waals surface area contributed by atoms with Gasteiger partial charge in [0.2, 0.25) is 5.71 Å². The number of ether oxygens (including phenoxy) is 1. The van der Waals surface area contributed by atoms with Gasteiger partial charge in [0.1, 0.15) is 17.9 Å². The van der Waals surface area contributed by atoms with Gasteiger partial charge in [0.15, 0.2) is 0 Å². The highest BCUT2D eigenvalue weighted by atomic mass is 16.5. The molecule has 1 aliphatic heterocycles. The van der Waals surface area contributed by atoms with Gasteiger partial charge in [-0.15, -0.1) is 0 Å². The average molecular weight is 395 g/mol. The maximum atomic E-state index is 13.2. The van der Waals surface area contributed by atoms with E-state index in [-0.39, 0.29) is 5.91 Å². The van der Waals surface area contributed by atoms with Crippen LogP contribution < -0.4 is 15.1 Å². The molecule has 0 saturated carbocycles. The zero-order valence-corrected chi connectivity index (χ0v) is 17.2. The molecule has 29 heavy (non-hydrogen) atoms. The van der Waals surface area contributed by atoms with Gasteiger partial charge in [-0.2, -0.15) is 0 Å². The Morgan fingerprint density at radius 3 is 2.66 bits per heavy atom. The van der Waals surface area contributed by atoms with Crippen molar-refractivity contribution in [3.05, 3.63) is 41.4 Å². The van der Waals surface area contributed by atoms with Crippen LogP contribution in [0.5, 0.6) is 0 Å². The van der Waals surface area contributed by atoms with Crippen LogP contribution in [0.15, 0.2) is 28.9 Å². The van der Waals surface area contributed by atoms with Crippen LogP contribution in [0.1, 0.15) is 21.7 Å². The number of carbonyl (C=O) groups excluding carboxylic acids is 1. The third-order valence-electron chi connectivity index (χ3n) is 5.13. The van der Waals surface area contributed by atoms with E-state index in [2.05, 4.69) is 20.2 Å². The van der Waals surface area contributed by atoms with Crippen LogP contribution in [0.25, 0.3) is 11.1 Å². The molecule has 1 fully saturated rings. The third-order valence-corrected chi connectivity index (χ3v) is 5.13. The fraction of sp³-hybridized carbons (Fsp3) is 0.381. The van der Waals surface area contributed by atoms with E-state index in [1.54, 1.807) is 6.92 Å². The van der Waals surface area contributed by atoms with E-state index >= 15 is 0 Å². The van der Waals surface area contributed by atoms with Crippen molar-refractivity contribution in [1.29, 1.82) is 0 Å². The van der Waals surface area contributed by atoms with E-state index in [1.807, 2.05) is 44.1 Å². The molecule has 0 atom stereocenters. The largest absolute Gasteiger partial charge is 0.442 e. The van der Waals surface area contributed by atoms with Crippen LogP contribution in [0, 0.1) is 13.8 Å². The molecule has 8 nitrogen and oxygen atoms in total. The molecule has 1 N–H and O–H groups in total. The SMILES string of the molecule is Cc1ccc(NC(=O)c2c(C)oc3ncnc(N4CCOCC4)c23)cc1N(C)C. The summed E-state index contributed by atoms with van der Waals surface area (Å²) in [6.07, 6.45) is 1.47. The molecule has 1 aliphatic rings. The number of nitrogens with one attached hydrogen (secondary N) is 1. The molecule has 8 heteroatoms. The number of nitrogens with zero attached hydrogens (tertiary/aromatic N) is 4. The zero-order valence-electron chi connectivity index (χ0n) is 17.2. The van der Waals surface area contributed by atoms with Crippen LogP contribution in [0.4, 0.5) is 17.2 Å². The highest BCUT2D eigenvalue weighted by molar-refractivity contribution is 6.15. The molecule has 0 radical (unpaired) electrons. The quantitative estimate of drug-likeness (QED) is 0.727. The number of hydrogen-bond acceptors (Lipinski definition) is 7. The number of rotatable bonds is 4. The lowest BCUT2D eigenvalue weighted by Gasteiger charge is -2.28. The molecule has 0 unspecified atom stereocenters. The Morgan fingerprint density at radius 2 is 1.93 bits per heavy atom. The van der Waals surface area contributed by atoms with Crippen molar-refractivity contribution < 1.29 is 13.9 Å². The van der Waals surface area contributed by atoms with Crippen molar-refractivity contribution in [2.45, 2.75) is 13.8 Å². The van der Waals surface area contributed by atoms with Gasteiger partial charge in [-0.25, -0.2) is 9.97 Å². The van der Waals surface area contributed by atoms with Crippen molar-refractivity contribution in [3.63, 3.8) is 0 Å². The molecular formula is C21H25N5O3. The minimum atomic E-state index is -0.237. The fourth-order valence-electron chi connectivity index (χ4n) is 3.68. The molecule has 1 saturated heterocycles. The first-order chi connectivity index (χ1) is 14.0. The van der Waals surface area contributed by atoms with E-state index in [0.717, 1.165) is 16.9 Å². The summed E-state index contributed by atoms with van der Waals surface area (Å²) >= 11 is 0. The van der Waals surface area contributed by atoms with Crippen molar-refractivity contribution in [2.75, 3.05) is 55.5 Å². The molecule has 2 aromatic heterocycles. The molecule has 1 amide bonds. The maximum absolute atomic E-state index is 13.2. The van der Waals surface area contributed by atoms with Gasteiger partial charge in [0, 0.05) is 38.6 Å². The number of benzene rings is 1. The Balaban J connectivity index is 1.73. The van der Waals surface area contributed by atoms with Gasteiger partial charge in [0.05, 0.1) is 24.2 Å². The third kappa shape index (κ3) is 3.63. The Labute approximate surface area is 169 Å². The first kappa shape index (κ1) is 19.2. The van der Waals surface area contributed by atoms with Crippen molar-refractivity contribution >= 4 is 34.2 Å². The predicted octanol–water partition coefficient (Wildman–Crippen LogP) is 2.99. The number of aryl methyl sites for hydroxylation is 2. The Morgan fingerprint density at radius 1 is 1.17 bits per heavy atom. The van der Waals surface area contributed by atoms with E-state index in [0.29, 0.717) is 54.5 Å². The van der Waals surface area contributed by atoms with Crippen molar-refractivity contribution in [3.8, 4) is 0 Å². The first-order valence-corrected chi connectivity index (χ1v) is 9.62. The summed E-state index contributed by atoms with van der Waals surface area (Å²) in [5.41, 5.74) is 3.80. The molecule has 152 valence electrons. The van der Waals surface area contributed by atoms with E-state index < -0.39 is 0 Å². The lowest BCUT2D eigenvalue weighted by Crippen LogP contribution is -2.37. The molecular weight excluding hydrogens is 370 g/mol. The number of fused-ring (bicyclic) bond motifs is 1. The monoisotopic (exact) mass is 395 g/mol. The molecule has 3 aromatic rings. The predicted molar refractivity (Wildman–Crippen MR) is 113 cm³/mol. The second-order valence-electron chi connectivity index (χ2n) is 7.36. The molecule has 0 spiro atoms. The summed E-state index contributed by atoms with van der Waals surface area (Å²) in [5, 5.41) is 3.65. The van der Waals surface area contributed by atoms with Crippen LogP contribution in [0.2, 0.25) is 0 Å². The Kier molecular flexibility index (Phi) is 5.10. The maximum Gasteiger partial charge on any atom is 0.260 e. The molecule has 3 heterocycles. The van der Waals surface area contributed by atoms with Crippen LogP contribution >= 0.6 is 0 Å². The first-order valence-electron chi connectivity index (χ1n) is 9.62.